The van der Waals surface area contributed by atoms with Gasteiger partial charge in [-0.15, -0.1) is 0 Å². The van der Waals surface area contributed by atoms with Crippen LogP contribution in [0.5, 0.6) is 5.75 Å². The number of ether oxygens (including phenoxy) is 1. The Kier molecular flexibility index (Phi) is 4.98. The minimum Gasteiger partial charge on any atom is -0.497 e. The van der Waals surface area contributed by atoms with Crippen LogP contribution in [0.4, 0.5) is 0 Å². The van der Waals surface area contributed by atoms with E-state index in [9.17, 15) is 0 Å². The fourth-order valence-corrected chi connectivity index (χ4v) is 2.12. The molecule has 19 heavy (non-hydrogen) atoms. The summed E-state index contributed by atoms with van der Waals surface area (Å²) in [7, 11) is 1.69. The smallest absolute Gasteiger partial charge is 0.118 e. The number of hydrogen-bond donors (Lipinski definition) is 1. The summed E-state index contributed by atoms with van der Waals surface area (Å²) in [4.78, 5) is 0. The second kappa shape index (κ2) is 6.95. The molecule has 1 heterocycles. The maximum absolute atomic E-state index is 5.18. The number of nitrogens with one attached hydrogen (secondary N) is 1. The molecule has 2 aromatic rings. The first-order valence-electron chi connectivity index (χ1n) is 6.68. The molecule has 0 saturated carbocycles. The third-order valence-corrected chi connectivity index (χ3v) is 3.22. The lowest BCUT2D eigenvalue weighted by Gasteiger charge is -2.17. The third-order valence-electron chi connectivity index (χ3n) is 3.22. The molecule has 0 aliphatic carbocycles. The lowest BCUT2D eigenvalue weighted by atomic mass is 10.0. The van der Waals surface area contributed by atoms with Gasteiger partial charge in [0.1, 0.15) is 5.75 Å². The van der Waals surface area contributed by atoms with Crippen molar-refractivity contribution in [3.05, 3.63) is 48.3 Å². The van der Waals surface area contributed by atoms with Crippen LogP contribution < -0.4 is 10.1 Å². The van der Waals surface area contributed by atoms with Crippen molar-refractivity contribution in [2.45, 2.75) is 25.9 Å². The van der Waals surface area contributed by atoms with Gasteiger partial charge in [0.15, 0.2) is 0 Å². The Balaban J connectivity index is 1.88. The summed E-state index contributed by atoms with van der Waals surface area (Å²) in [6.07, 6.45) is 4.85. The van der Waals surface area contributed by atoms with Crippen LogP contribution in [0.15, 0.2) is 42.7 Å². The molecule has 0 fully saturated rings. The maximum Gasteiger partial charge on any atom is 0.118 e. The highest BCUT2D eigenvalue weighted by Crippen LogP contribution is 2.19. The van der Waals surface area contributed by atoms with E-state index < -0.39 is 0 Å². The second-order valence-electron chi connectivity index (χ2n) is 4.46. The van der Waals surface area contributed by atoms with Gasteiger partial charge in [0.2, 0.25) is 0 Å². The van der Waals surface area contributed by atoms with Crippen LogP contribution >= 0.6 is 0 Å². The Morgan fingerprint density at radius 2 is 2.11 bits per heavy atom. The minimum atomic E-state index is 0.376. The van der Waals surface area contributed by atoms with E-state index in [-0.39, 0.29) is 0 Å². The minimum absolute atomic E-state index is 0.376. The van der Waals surface area contributed by atoms with E-state index in [1.807, 2.05) is 29.1 Å². The van der Waals surface area contributed by atoms with Gasteiger partial charge in [0.25, 0.3) is 0 Å². The van der Waals surface area contributed by atoms with E-state index in [1.165, 1.54) is 5.56 Å². The van der Waals surface area contributed by atoms with Gasteiger partial charge >= 0.3 is 0 Å². The van der Waals surface area contributed by atoms with Gasteiger partial charge in [-0.1, -0.05) is 19.1 Å². The van der Waals surface area contributed by atoms with Crippen LogP contribution in [0, 0.1) is 0 Å². The average Bonchev–Trinajstić information content (AvgIpc) is 2.97. The van der Waals surface area contributed by atoms with E-state index in [2.05, 4.69) is 29.5 Å². The topological polar surface area (TPSA) is 39.1 Å². The Morgan fingerprint density at radius 3 is 2.68 bits per heavy atom. The Labute approximate surface area is 114 Å². The van der Waals surface area contributed by atoms with Gasteiger partial charge in [-0.05, 0) is 30.2 Å². The summed E-state index contributed by atoms with van der Waals surface area (Å²) in [6.45, 7) is 3.99. The summed E-state index contributed by atoms with van der Waals surface area (Å²) in [5, 5.41) is 7.75. The van der Waals surface area contributed by atoms with Gasteiger partial charge in [-0.2, -0.15) is 5.10 Å². The number of methoxy groups -OCH3 is 1. The number of nitrogens with zero attached hydrogens (tertiary/aromatic N) is 2. The van der Waals surface area contributed by atoms with Crippen LogP contribution in [0.3, 0.4) is 0 Å². The molecule has 1 unspecified atom stereocenters. The van der Waals surface area contributed by atoms with Crippen LogP contribution in [0.1, 0.15) is 24.9 Å². The van der Waals surface area contributed by atoms with Crippen molar-refractivity contribution in [3.63, 3.8) is 0 Å². The van der Waals surface area contributed by atoms with Crippen LogP contribution in [-0.2, 0) is 6.54 Å². The summed E-state index contributed by atoms with van der Waals surface area (Å²) in [5.74, 6) is 0.898. The first kappa shape index (κ1) is 13.6. The quantitative estimate of drug-likeness (QED) is 0.831. The molecule has 102 valence electrons. The molecule has 1 atom stereocenters. The van der Waals surface area contributed by atoms with Crippen molar-refractivity contribution in [2.24, 2.45) is 0 Å². The predicted octanol–water partition coefficient (Wildman–Crippen LogP) is 2.63. The zero-order chi connectivity index (χ0) is 13.5. The van der Waals surface area contributed by atoms with Crippen molar-refractivity contribution in [1.82, 2.24) is 15.1 Å². The zero-order valence-corrected chi connectivity index (χ0v) is 11.5. The summed E-state index contributed by atoms with van der Waals surface area (Å²) >= 11 is 0. The fraction of sp³-hybridized carbons (Fsp3) is 0.400. The van der Waals surface area contributed by atoms with E-state index >= 15 is 0 Å². The van der Waals surface area contributed by atoms with Crippen molar-refractivity contribution in [3.8, 4) is 5.75 Å². The Bertz CT molecular complexity index is 465. The van der Waals surface area contributed by atoms with Gasteiger partial charge in [-0.25, -0.2) is 0 Å². The van der Waals surface area contributed by atoms with E-state index in [0.29, 0.717) is 6.04 Å². The van der Waals surface area contributed by atoms with Crippen molar-refractivity contribution in [2.75, 3.05) is 13.7 Å². The van der Waals surface area contributed by atoms with Gasteiger partial charge < -0.3 is 10.1 Å². The molecule has 0 radical (unpaired) electrons. The molecular weight excluding hydrogens is 238 g/mol. The summed E-state index contributed by atoms with van der Waals surface area (Å²) < 4.78 is 7.12. The molecule has 1 N–H and O–H groups in total. The lowest BCUT2D eigenvalue weighted by Crippen LogP contribution is -2.25. The molecular formula is C15H21N3O. The van der Waals surface area contributed by atoms with Crippen LogP contribution in [-0.4, -0.2) is 23.4 Å². The standard InChI is InChI=1S/C15H21N3O/c1-3-15(13-5-7-14(19-2)8-6-13)16-10-12-18-11-4-9-17-18/h4-9,11,15-16H,3,10,12H2,1-2H3. The predicted molar refractivity (Wildman–Crippen MR) is 76.3 cm³/mol. The monoisotopic (exact) mass is 259 g/mol. The zero-order valence-electron chi connectivity index (χ0n) is 11.5. The molecule has 0 amide bonds. The lowest BCUT2D eigenvalue weighted by molar-refractivity contribution is 0.414. The molecule has 0 spiro atoms. The van der Waals surface area contributed by atoms with E-state index in [1.54, 1.807) is 13.3 Å². The van der Waals surface area contributed by atoms with E-state index in [4.69, 9.17) is 4.74 Å². The molecule has 0 bridgehead atoms. The number of aromatic nitrogens is 2. The van der Waals surface area contributed by atoms with Crippen molar-refractivity contribution < 1.29 is 4.74 Å². The van der Waals surface area contributed by atoms with Crippen molar-refractivity contribution in [1.29, 1.82) is 0 Å². The molecule has 0 saturated heterocycles. The maximum atomic E-state index is 5.18. The Morgan fingerprint density at radius 1 is 1.32 bits per heavy atom. The van der Waals surface area contributed by atoms with Gasteiger partial charge in [0.05, 0.1) is 13.7 Å². The van der Waals surface area contributed by atoms with Crippen LogP contribution in [0.2, 0.25) is 0 Å². The molecule has 0 aliphatic heterocycles. The molecule has 1 aromatic heterocycles. The number of hydrogen-bond acceptors (Lipinski definition) is 3. The first-order valence-corrected chi connectivity index (χ1v) is 6.68. The highest BCUT2D eigenvalue weighted by molar-refractivity contribution is 5.29. The molecule has 4 heteroatoms. The normalized spacial score (nSPS) is 12.3. The summed E-state index contributed by atoms with van der Waals surface area (Å²) in [5.41, 5.74) is 1.30. The van der Waals surface area contributed by atoms with Gasteiger partial charge in [-0.3, -0.25) is 4.68 Å². The molecule has 0 aliphatic rings. The molecule has 1 aromatic carbocycles. The summed E-state index contributed by atoms with van der Waals surface area (Å²) in [6, 6.07) is 10.6. The average molecular weight is 259 g/mol. The fourth-order valence-electron chi connectivity index (χ4n) is 2.12. The van der Waals surface area contributed by atoms with Crippen LogP contribution in [0.25, 0.3) is 0 Å². The van der Waals surface area contributed by atoms with Gasteiger partial charge in [0, 0.05) is 25.0 Å². The largest absolute Gasteiger partial charge is 0.497 e. The van der Waals surface area contributed by atoms with Crippen molar-refractivity contribution >= 4 is 0 Å². The first-order chi connectivity index (χ1) is 9.33. The molecule has 2 rings (SSSR count). The second-order valence-corrected chi connectivity index (χ2v) is 4.46. The molecule has 4 nitrogen and oxygen atoms in total. The number of benzene rings is 1. The highest BCUT2D eigenvalue weighted by Gasteiger charge is 2.08. The SMILES string of the molecule is CCC(NCCn1cccn1)c1ccc(OC)cc1. The van der Waals surface area contributed by atoms with E-state index in [0.717, 1.165) is 25.3 Å². The Hall–Kier alpha value is -1.81. The number of rotatable bonds is 7. The third kappa shape index (κ3) is 3.83. The highest BCUT2D eigenvalue weighted by atomic mass is 16.5.